The summed E-state index contributed by atoms with van der Waals surface area (Å²) < 4.78 is 0. The maximum absolute atomic E-state index is 12.2. The summed E-state index contributed by atoms with van der Waals surface area (Å²) in [6.45, 7) is 0.641. The Bertz CT molecular complexity index is 348. The largest absolute Gasteiger partial charge is 0.480 e. The van der Waals surface area contributed by atoms with Gasteiger partial charge in [0.05, 0.1) is 0 Å². The second-order valence-corrected chi connectivity index (χ2v) is 5.50. The molecule has 0 aromatic heterocycles. The van der Waals surface area contributed by atoms with E-state index in [1.807, 2.05) is 0 Å². The molecule has 1 aliphatic heterocycles. The predicted octanol–water partition coefficient (Wildman–Crippen LogP) is 1.25. The summed E-state index contributed by atoms with van der Waals surface area (Å²) >= 11 is 0. The molecule has 0 bridgehead atoms. The number of hydrogen-bond donors (Lipinski definition) is 1. The maximum Gasteiger partial charge on any atom is 0.326 e. The molecule has 4 nitrogen and oxygen atoms in total. The number of carbonyl (C=O) groups excluding carboxylic acids is 1. The fraction of sp³-hybridized carbons (Fsp3) is 0.833. The molecule has 0 aromatic rings. The molecule has 3 aliphatic rings. The molecule has 3 rings (SSSR count). The fourth-order valence-corrected chi connectivity index (χ4v) is 3.06. The van der Waals surface area contributed by atoms with Crippen LogP contribution in [-0.2, 0) is 9.59 Å². The van der Waals surface area contributed by atoms with E-state index < -0.39 is 12.0 Å². The average Bonchev–Trinajstić information content (AvgIpc) is 3.19. The number of amides is 1. The van der Waals surface area contributed by atoms with Crippen molar-refractivity contribution >= 4 is 11.9 Å². The molecule has 1 saturated heterocycles. The van der Waals surface area contributed by atoms with Crippen molar-refractivity contribution in [2.45, 2.75) is 44.6 Å². The number of piperidine rings is 1. The summed E-state index contributed by atoms with van der Waals surface area (Å²) in [5.41, 5.74) is 0.331. The van der Waals surface area contributed by atoms with Gasteiger partial charge < -0.3 is 10.0 Å². The van der Waals surface area contributed by atoms with Crippen molar-refractivity contribution < 1.29 is 14.7 Å². The van der Waals surface area contributed by atoms with Crippen LogP contribution in [-0.4, -0.2) is 34.5 Å². The van der Waals surface area contributed by atoms with Crippen LogP contribution in [0.5, 0.6) is 0 Å². The summed E-state index contributed by atoms with van der Waals surface area (Å²) in [5.74, 6) is -0.560. The lowest BCUT2D eigenvalue weighted by Gasteiger charge is -2.33. The van der Waals surface area contributed by atoms with Gasteiger partial charge in [-0.05, 0) is 43.9 Å². The van der Waals surface area contributed by atoms with Crippen molar-refractivity contribution in [2.75, 3.05) is 6.54 Å². The fourth-order valence-electron chi connectivity index (χ4n) is 3.06. The number of hydrogen-bond acceptors (Lipinski definition) is 2. The molecule has 1 unspecified atom stereocenters. The van der Waals surface area contributed by atoms with Gasteiger partial charge in [0.1, 0.15) is 6.04 Å². The molecule has 0 radical (unpaired) electrons. The number of carboxylic acid groups (broad SMARTS) is 1. The molecule has 3 fully saturated rings. The Balaban J connectivity index is 1.71. The summed E-state index contributed by atoms with van der Waals surface area (Å²) in [5, 5.41) is 9.11. The minimum atomic E-state index is -0.835. The normalized spacial score (nSPS) is 34.9. The summed E-state index contributed by atoms with van der Waals surface area (Å²) in [6.07, 6.45) is 5.87. The standard InChI is InChI=1S/C12H17NO3/c14-10(8-7-12(8)4-5-12)13-6-2-1-3-9(13)11(15)16/h8-9H,1-7H2,(H,15,16)/t8?,9-/m1/s1. The van der Waals surface area contributed by atoms with E-state index in [0.29, 0.717) is 18.4 Å². The predicted molar refractivity (Wildman–Crippen MR) is 56.8 cm³/mol. The molecular weight excluding hydrogens is 206 g/mol. The van der Waals surface area contributed by atoms with E-state index >= 15 is 0 Å². The zero-order chi connectivity index (χ0) is 11.3. The van der Waals surface area contributed by atoms with Crippen LogP contribution < -0.4 is 0 Å². The number of rotatable bonds is 2. The van der Waals surface area contributed by atoms with E-state index in [-0.39, 0.29) is 11.8 Å². The van der Waals surface area contributed by atoms with Gasteiger partial charge in [-0.25, -0.2) is 4.79 Å². The molecule has 2 saturated carbocycles. The summed E-state index contributed by atoms with van der Waals surface area (Å²) in [4.78, 5) is 24.9. The van der Waals surface area contributed by atoms with Crippen LogP contribution in [0.25, 0.3) is 0 Å². The topological polar surface area (TPSA) is 57.6 Å². The Morgan fingerprint density at radius 3 is 2.56 bits per heavy atom. The lowest BCUT2D eigenvalue weighted by molar-refractivity contribution is -0.152. The van der Waals surface area contributed by atoms with Gasteiger partial charge >= 0.3 is 5.97 Å². The number of nitrogens with zero attached hydrogens (tertiary/aromatic N) is 1. The second-order valence-electron chi connectivity index (χ2n) is 5.50. The average molecular weight is 223 g/mol. The maximum atomic E-state index is 12.2. The molecule has 0 aromatic carbocycles. The third-order valence-electron chi connectivity index (χ3n) is 4.45. The number of aliphatic carboxylic acids is 1. The molecule has 4 heteroatoms. The molecule has 2 atom stereocenters. The van der Waals surface area contributed by atoms with Crippen molar-refractivity contribution in [3.63, 3.8) is 0 Å². The monoisotopic (exact) mass is 223 g/mol. The zero-order valence-electron chi connectivity index (χ0n) is 9.32. The van der Waals surface area contributed by atoms with Crippen molar-refractivity contribution in [3.05, 3.63) is 0 Å². The molecule has 1 heterocycles. The van der Waals surface area contributed by atoms with E-state index in [2.05, 4.69) is 0 Å². The summed E-state index contributed by atoms with van der Waals surface area (Å²) in [7, 11) is 0. The van der Waals surface area contributed by atoms with E-state index in [1.165, 1.54) is 12.8 Å². The van der Waals surface area contributed by atoms with Crippen molar-refractivity contribution in [1.29, 1.82) is 0 Å². The van der Waals surface area contributed by atoms with Crippen molar-refractivity contribution in [3.8, 4) is 0 Å². The highest BCUT2D eigenvalue weighted by Gasteiger charge is 2.66. The highest BCUT2D eigenvalue weighted by molar-refractivity contribution is 5.88. The molecule has 1 amide bonds. The molecule has 88 valence electrons. The molecule has 2 aliphatic carbocycles. The highest BCUT2D eigenvalue weighted by atomic mass is 16.4. The Morgan fingerprint density at radius 1 is 1.25 bits per heavy atom. The van der Waals surface area contributed by atoms with Gasteiger partial charge in [-0.2, -0.15) is 0 Å². The number of carboxylic acids is 1. The SMILES string of the molecule is O=C(O)[C@H]1CCCCN1C(=O)C1CC12CC2. The quantitative estimate of drug-likeness (QED) is 0.766. The van der Waals surface area contributed by atoms with Crippen LogP contribution in [0.1, 0.15) is 38.5 Å². The lowest BCUT2D eigenvalue weighted by Crippen LogP contribution is -2.48. The molecular formula is C12H17NO3. The Morgan fingerprint density at radius 2 is 2.00 bits per heavy atom. The molecule has 16 heavy (non-hydrogen) atoms. The first-order valence-electron chi connectivity index (χ1n) is 6.17. The van der Waals surface area contributed by atoms with Crippen LogP contribution in [0, 0.1) is 11.3 Å². The van der Waals surface area contributed by atoms with Crippen LogP contribution in [0.15, 0.2) is 0 Å². The van der Waals surface area contributed by atoms with Crippen LogP contribution in [0.2, 0.25) is 0 Å². The minimum Gasteiger partial charge on any atom is -0.480 e. The number of carbonyl (C=O) groups is 2. The highest BCUT2D eigenvalue weighted by Crippen LogP contribution is 2.71. The molecule has 1 spiro atoms. The first-order valence-corrected chi connectivity index (χ1v) is 6.17. The van der Waals surface area contributed by atoms with Gasteiger partial charge in [0.2, 0.25) is 5.91 Å². The Labute approximate surface area is 94.6 Å². The van der Waals surface area contributed by atoms with Crippen molar-refractivity contribution in [1.82, 2.24) is 4.90 Å². The van der Waals surface area contributed by atoms with Gasteiger partial charge in [0.25, 0.3) is 0 Å². The summed E-state index contributed by atoms with van der Waals surface area (Å²) in [6, 6.07) is -0.558. The van der Waals surface area contributed by atoms with Gasteiger partial charge in [0.15, 0.2) is 0 Å². The van der Waals surface area contributed by atoms with Gasteiger partial charge in [-0.3, -0.25) is 4.79 Å². The second kappa shape index (κ2) is 3.22. The zero-order valence-corrected chi connectivity index (χ0v) is 9.32. The van der Waals surface area contributed by atoms with E-state index in [9.17, 15) is 9.59 Å². The number of likely N-dealkylation sites (tertiary alicyclic amines) is 1. The van der Waals surface area contributed by atoms with Crippen molar-refractivity contribution in [2.24, 2.45) is 11.3 Å². The molecule has 1 N–H and O–H groups in total. The van der Waals surface area contributed by atoms with Gasteiger partial charge in [0, 0.05) is 12.5 Å². The lowest BCUT2D eigenvalue weighted by atomic mass is 10.0. The van der Waals surface area contributed by atoms with Gasteiger partial charge in [-0.1, -0.05) is 0 Å². The third-order valence-corrected chi connectivity index (χ3v) is 4.45. The van der Waals surface area contributed by atoms with Crippen LogP contribution >= 0.6 is 0 Å². The van der Waals surface area contributed by atoms with Crippen LogP contribution in [0.3, 0.4) is 0 Å². The first-order chi connectivity index (χ1) is 7.64. The Kier molecular flexibility index (Phi) is 2.03. The first kappa shape index (κ1) is 10.1. The van der Waals surface area contributed by atoms with E-state index in [1.54, 1.807) is 4.90 Å². The smallest absolute Gasteiger partial charge is 0.326 e. The third kappa shape index (κ3) is 1.43. The van der Waals surface area contributed by atoms with Gasteiger partial charge in [-0.15, -0.1) is 0 Å². The Hall–Kier alpha value is -1.06. The minimum absolute atomic E-state index is 0.115. The van der Waals surface area contributed by atoms with E-state index in [4.69, 9.17) is 5.11 Å². The van der Waals surface area contributed by atoms with E-state index in [0.717, 1.165) is 19.3 Å². The van der Waals surface area contributed by atoms with Crippen LogP contribution in [0.4, 0.5) is 0 Å².